The van der Waals surface area contributed by atoms with E-state index in [-0.39, 0.29) is 6.42 Å². The molecule has 0 saturated heterocycles. The molecule has 0 aliphatic rings. The Kier molecular flexibility index (Phi) is 4.02. The van der Waals surface area contributed by atoms with Crippen LogP contribution in [0.2, 0.25) is 0 Å². The lowest BCUT2D eigenvalue weighted by Gasteiger charge is -2.10. The van der Waals surface area contributed by atoms with Crippen molar-refractivity contribution >= 4 is 16.9 Å². The molecule has 0 atom stereocenters. The molecule has 0 saturated carbocycles. The molecule has 1 aromatic heterocycles. The molecular formula is C18H16FNO3. The van der Waals surface area contributed by atoms with Crippen molar-refractivity contribution in [2.45, 2.75) is 13.0 Å². The highest BCUT2D eigenvalue weighted by molar-refractivity contribution is 5.92. The topological polar surface area (TPSA) is 51.5 Å². The van der Waals surface area contributed by atoms with E-state index in [0.29, 0.717) is 28.8 Å². The van der Waals surface area contributed by atoms with Gasteiger partial charge < -0.3 is 14.4 Å². The van der Waals surface area contributed by atoms with E-state index < -0.39 is 11.8 Å². The van der Waals surface area contributed by atoms with Gasteiger partial charge in [-0.05, 0) is 17.2 Å². The second-order valence-corrected chi connectivity index (χ2v) is 5.41. The Labute approximate surface area is 132 Å². The number of halogens is 1. The number of hydrogen-bond donors (Lipinski definition) is 1. The van der Waals surface area contributed by atoms with Crippen molar-refractivity contribution in [2.75, 3.05) is 0 Å². The summed E-state index contributed by atoms with van der Waals surface area (Å²) in [6.45, 7) is 0.292. The average molecular weight is 313 g/mol. The van der Waals surface area contributed by atoms with E-state index in [1.807, 2.05) is 30.3 Å². The van der Waals surface area contributed by atoms with Crippen molar-refractivity contribution in [3.63, 3.8) is 0 Å². The van der Waals surface area contributed by atoms with Crippen molar-refractivity contribution in [2.24, 2.45) is 7.05 Å². The molecule has 0 aliphatic heterocycles. The van der Waals surface area contributed by atoms with E-state index in [4.69, 9.17) is 9.84 Å². The van der Waals surface area contributed by atoms with Crippen LogP contribution in [-0.2, 0) is 24.9 Å². The molecule has 5 heteroatoms. The normalized spacial score (nSPS) is 10.9. The molecule has 3 aromatic rings. The Morgan fingerprint density at radius 3 is 2.70 bits per heavy atom. The van der Waals surface area contributed by atoms with E-state index in [0.717, 1.165) is 5.56 Å². The fourth-order valence-electron chi connectivity index (χ4n) is 2.68. The molecule has 0 spiro atoms. The standard InChI is InChI=1S/C18H16FNO3/c1-20-10-13(7-17(21)22)18-15(20)8-14(19)9-16(18)23-11-12-5-3-2-4-6-12/h2-6,8-10H,7,11H2,1H3,(H,21,22). The first-order valence-corrected chi connectivity index (χ1v) is 7.20. The molecule has 2 aromatic carbocycles. The van der Waals surface area contributed by atoms with Gasteiger partial charge in [0, 0.05) is 24.7 Å². The maximum absolute atomic E-state index is 13.9. The summed E-state index contributed by atoms with van der Waals surface area (Å²) in [4.78, 5) is 11.1. The molecule has 0 bridgehead atoms. The minimum atomic E-state index is -0.934. The van der Waals surface area contributed by atoms with Crippen LogP contribution in [0.4, 0.5) is 4.39 Å². The van der Waals surface area contributed by atoms with Crippen molar-refractivity contribution < 1.29 is 19.0 Å². The zero-order valence-corrected chi connectivity index (χ0v) is 12.6. The Hall–Kier alpha value is -2.82. The number of benzene rings is 2. The van der Waals surface area contributed by atoms with Gasteiger partial charge in [-0.1, -0.05) is 30.3 Å². The van der Waals surface area contributed by atoms with Gasteiger partial charge in [0.25, 0.3) is 0 Å². The molecule has 0 amide bonds. The summed E-state index contributed by atoms with van der Waals surface area (Å²) in [5.74, 6) is -0.986. The maximum Gasteiger partial charge on any atom is 0.307 e. The molecule has 23 heavy (non-hydrogen) atoms. The summed E-state index contributed by atoms with van der Waals surface area (Å²) in [7, 11) is 1.76. The van der Waals surface area contributed by atoms with Gasteiger partial charge in [-0.15, -0.1) is 0 Å². The first-order chi connectivity index (χ1) is 11.0. The number of aryl methyl sites for hydroxylation is 1. The highest BCUT2D eigenvalue weighted by Crippen LogP contribution is 2.32. The summed E-state index contributed by atoms with van der Waals surface area (Å²) >= 11 is 0. The summed E-state index contributed by atoms with van der Waals surface area (Å²) in [5, 5.41) is 9.71. The van der Waals surface area contributed by atoms with E-state index in [2.05, 4.69) is 0 Å². The predicted molar refractivity (Wildman–Crippen MR) is 85.0 cm³/mol. The van der Waals surface area contributed by atoms with Gasteiger partial charge in [0.15, 0.2) is 0 Å². The Bertz CT molecular complexity index is 856. The minimum absolute atomic E-state index is 0.134. The zero-order chi connectivity index (χ0) is 16.4. The van der Waals surface area contributed by atoms with Gasteiger partial charge >= 0.3 is 5.97 Å². The quantitative estimate of drug-likeness (QED) is 0.784. The number of fused-ring (bicyclic) bond motifs is 1. The SMILES string of the molecule is Cn1cc(CC(=O)O)c2c(OCc3ccccc3)cc(F)cc21. The van der Waals surface area contributed by atoms with Gasteiger partial charge in [0.2, 0.25) is 0 Å². The highest BCUT2D eigenvalue weighted by atomic mass is 19.1. The van der Waals surface area contributed by atoms with E-state index in [9.17, 15) is 9.18 Å². The molecule has 1 N–H and O–H groups in total. The molecule has 0 fully saturated rings. The maximum atomic E-state index is 13.9. The minimum Gasteiger partial charge on any atom is -0.488 e. The molecular weight excluding hydrogens is 297 g/mol. The zero-order valence-electron chi connectivity index (χ0n) is 12.6. The Balaban J connectivity index is 2.02. The third kappa shape index (κ3) is 3.18. The number of carboxylic acids is 1. The van der Waals surface area contributed by atoms with Crippen LogP contribution >= 0.6 is 0 Å². The fourth-order valence-corrected chi connectivity index (χ4v) is 2.68. The lowest BCUT2D eigenvalue weighted by molar-refractivity contribution is -0.136. The summed E-state index contributed by atoms with van der Waals surface area (Å²) in [5.41, 5.74) is 2.18. The van der Waals surface area contributed by atoms with Crippen LogP contribution in [0.25, 0.3) is 10.9 Å². The molecule has 118 valence electrons. The van der Waals surface area contributed by atoms with Crippen LogP contribution in [0.15, 0.2) is 48.7 Å². The molecule has 0 unspecified atom stereocenters. The van der Waals surface area contributed by atoms with Gasteiger partial charge in [-0.3, -0.25) is 4.79 Å². The van der Waals surface area contributed by atoms with Crippen LogP contribution in [0.1, 0.15) is 11.1 Å². The monoisotopic (exact) mass is 313 g/mol. The first-order valence-electron chi connectivity index (χ1n) is 7.20. The van der Waals surface area contributed by atoms with Crippen molar-refractivity contribution in [1.82, 2.24) is 4.57 Å². The lowest BCUT2D eigenvalue weighted by atomic mass is 10.1. The first kappa shape index (κ1) is 15.1. The van der Waals surface area contributed by atoms with Gasteiger partial charge in [0.05, 0.1) is 11.9 Å². The number of carboxylic acid groups (broad SMARTS) is 1. The summed E-state index contributed by atoms with van der Waals surface area (Å²) in [6, 6.07) is 12.2. The number of aromatic nitrogens is 1. The lowest BCUT2D eigenvalue weighted by Crippen LogP contribution is -2.01. The van der Waals surface area contributed by atoms with Crippen LogP contribution in [0.3, 0.4) is 0 Å². The third-order valence-electron chi connectivity index (χ3n) is 3.68. The average Bonchev–Trinajstić information content (AvgIpc) is 2.81. The smallest absolute Gasteiger partial charge is 0.307 e. The Morgan fingerprint density at radius 1 is 1.26 bits per heavy atom. The molecule has 4 nitrogen and oxygen atoms in total. The van der Waals surface area contributed by atoms with Crippen molar-refractivity contribution in [3.8, 4) is 5.75 Å². The molecule has 0 radical (unpaired) electrons. The van der Waals surface area contributed by atoms with Crippen LogP contribution in [0, 0.1) is 5.82 Å². The van der Waals surface area contributed by atoms with Gasteiger partial charge in [-0.25, -0.2) is 4.39 Å². The van der Waals surface area contributed by atoms with E-state index in [1.165, 1.54) is 12.1 Å². The second kappa shape index (κ2) is 6.12. The van der Waals surface area contributed by atoms with Gasteiger partial charge in [0.1, 0.15) is 18.2 Å². The summed E-state index contributed by atoms with van der Waals surface area (Å²) in [6.07, 6.45) is 1.57. The molecule has 3 rings (SSSR count). The number of ether oxygens (including phenoxy) is 1. The third-order valence-corrected chi connectivity index (χ3v) is 3.68. The largest absolute Gasteiger partial charge is 0.488 e. The van der Waals surface area contributed by atoms with Crippen molar-refractivity contribution in [1.29, 1.82) is 0 Å². The number of hydrogen-bond acceptors (Lipinski definition) is 2. The number of rotatable bonds is 5. The highest BCUT2D eigenvalue weighted by Gasteiger charge is 2.16. The molecule has 1 heterocycles. The van der Waals surface area contributed by atoms with E-state index >= 15 is 0 Å². The van der Waals surface area contributed by atoms with Crippen LogP contribution < -0.4 is 4.74 Å². The van der Waals surface area contributed by atoms with Gasteiger partial charge in [-0.2, -0.15) is 0 Å². The van der Waals surface area contributed by atoms with Crippen LogP contribution in [-0.4, -0.2) is 15.6 Å². The second-order valence-electron chi connectivity index (χ2n) is 5.41. The predicted octanol–water partition coefficient (Wildman–Crippen LogP) is 3.52. The van der Waals surface area contributed by atoms with E-state index in [1.54, 1.807) is 17.8 Å². The number of nitrogens with zero attached hydrogens (tertiary/aromatic N) is 1. The number of carbonyl (C=O) groups is 1. The summed E-state index contributed by atoms with van der Waals surface area (Å²) < 4.78 is 21.4. The van der Waals surface area contributed by atoms with Crippen LogP contribution in [0.5, 0.6) is 5.75 Å². The molecule has 0 aliphatic carbocycles. The Morgan fingerprint density at radius 2 is 2.00 bits per heavy atom. The number of aliphatic carboxylic acids is 1. The van der Waals surface area contributed by atoms with Crippen molar-refractivity contribution in [3.05, 3.63) is 65.6 Å². The fraction of sp³-hybridized carbons (Fsp3) is 0.167.